The standard InChI is InChI=1S/C18H19FN4O2/c1-10-15-13(16(24)21-9-18(2,3)20)8-14(22-17(15)25-23-10)11-4-6-12(19)7-5-11/h4-8H,9,20H2,1-3H3,(H,21,24). The Bertz CT molecular complexity index is 927. The molecule has 6 nitrogen and oxygen atoms in total. The van der Waals surface area contributed by atoms with E-state index in [0.29, 0.717) is 34.4 Å². The van der Waals surface area contributed by atoms with Gasteiger partial charge in [0.25, 0.3) is 11.6 Å². The van der Waals surface area contributed by atoms with Crippen molar-refractivity contribution in [3.8, 4) is 11.3 Å². The number of hydrogen-bond acceptors (Lipinski definition) is 5. The van der Waals surface area contributed by atoms with E-state index in [0.717, 1.165) is 0 Å². The molecule has 2 aromatic heterocycles. The summed E-state index contributed by atoms with van der Waals surface area (Å²) in [5.41, 5.74) is 7.79. The average molecular weight is 342 g/mol. The minimum Gasteiger partial charge on any atom is -0.350 e. The van der Waals surface area contributed by atoms with Crippen molar-refractivity contribution in [2.45, 2.75) is 26.3 Å². The number of carbonyl (C=O) groups is 1. The number of pyridine rings is 1. The Morgan fingerprint density at radius 2 is 2.00 bits per heavy atom. The maximum absolute atomic E-state index is 13.2. The van der Waals surface area contributed by atoms with Crippen LogP contribution in [0.1, 0.15) is 29.9 Å². The molecule has 3 rings (SSSR count). The van der Waals surface area contributed by atoms with E-state index in [1.54, 1.807) is 25.1 Å². The summed E-state index contributed by atoms with van der Waals surface area (Å²) >= 11 is 0. The van der Waals surface area contributed by atoms with Gasteiger partial charge < -0.3 is 15.6 Å². The van der Waals surface area contributed by atoms with E-state index < -0.39 is 5.54 Å². The number of nitrogens with one attached hydrogen (secondary N) is 1. The van der Waals surface area contributed by atoms with Gasteiger partial charge in [-0.1, -0.05) is 5.16 Å². The van der Waals surface area contributed by atoms with E-state index in [4.69, 9.17) is 10.3 Å². The van der Waals surface area contributed by atoms with Gasteiger partial charge in [0.1, 0.15) is 5.82 Å². The van der Waals surface area contributed by atoms with Gasteiger partial charge in [0.05, 0.1) is 22.3 Å². The fraction of sp³-hybridized carbons (Fsp3) is 0.278. The molecule has 2 heterocycles. The number of nitrogens with zero attached hydrogens (tertiary/aromatic N) is 2. The number of carbonyl (C=O) groups excluding carboxylic acids is 1. The summed E-state index contributed by atoms with van der Waals surface area (Å²) in [6.07, 6.45) is 0. The van der Waals surface area contributed by atoms with Gasteiger partial charge in [0.2, 0.25) is 0 Å². The number of benzene rings is 1. The van der Waals surface area contributed by atoms with E-state index in [1.165, 1.54) is 12.1 Å². The lowest BCUT2D eigenvalue weighted by atomic mass is 10.0. The highest BCUT2D eigenvalue weighted by Gasteiger charge is 2.21. The molecule has 0 atom stereocenters. The molecule has 0 spiro atoms. The summed E-state index contributed by atoms with van der Waals surface area (Å²) in [4.78, 5) is 17.1. The first-order chi connectivity index (χ1) is 11.7. The molecule has 0 unspecified atom stereocenters. The Hall–Kier alpha value is -2.80. The highest BCUT2D eigenvalue weighted by atomic mass is 19.1. The molecule has 0 aliphatic rings. The van der Waals surface area contributed by atoms with Gasteiger partial charge in [-0.2, -0.15) is 0 Å². The molecule has 3 N–H and O–H groups in total. The SMILES string of the molecule is Cc1noc2nc(-c3ccc(F)cc3)cc(C(=O)NCC(C)(C)N)c12. The van der Waals surface area contributed by atoms with E-state index in [2.05, 4.69) is 15.5 Å². The van der Waals surface area contributed by atoms with Crippen LogP contribution in [0.25, 0.3) is 22.4 Å². The minimum atomic E-state index is -0.536. The number of hydrogen-bond donors (Lipinski definition) is 2. The Kier molecular flexibility index (Phi) is 4.26. The number of aromatic nitrogens is 2. The topological polar surface area (TPSA) is 94.0 Å². The predicted molar refractivity (Wildman–Crippen MR) is 92.5 cm³/mol. The van der Waals surface area contributed by atoms with Crippen LogP contribution in [0.2, 0.25) is 0 Å². The van der Waals surface area contributed by atoms with Crippen molar-refractivity contribution in [1.82, 2.24) is 15.5 Å². The zero-order valence-corrected chi connectivity index (χ0v) is 14.3. The second-order valence-electron chi connectivity index (χ2n) is 6.68. The molecule has 1 aromatic carbocycles. The van der Waals surface area contributed by atoms with E-state index in [-0.39, 0.29) is 17.4 Å². The van der Waals surface area contributed by atoms with Gasteiger partial charge in [-0.15, -0.1) is 0 Å². The molecule has 0 fully saturated rings. The maximum Gasteiger partial charge on any atom is 0.259 e. The molecule has 0 saturated carbocycles. The molecule has 0 aliphatic heterocycles. The number of aryl methyl sites for hydroxylation is 1. The smallest absolute Gasteiger partial charge is 0.259 e. The minimum absolute atomic E-state index is 0.261. The molecule has 25 heavy (non-hydrogen) atoms. The van der Waals surface area contributed by atoms with Crippen LogP contribution in [0.5, 0.6) is 0 Å². The highest BCUT2D eigenvalue weighted by molar-refractivity contribution is 6.07. The van der Waals surface area contributed by atoms with Crippen molar-refractivity contribution in [3.63, 3.8) is 0 Å². The molecule has 0 radical (unpaired) electrons. The van der Waals surface area contributed by atoms with Crippen molar-refractivity contribution in [1.29, 1.82) is 0 Å². The molecule has 0 aliphatic carbocycles. The van der Waals surface area contributed by atoms with Crippen molar-refractivity contribution in [3.05, 3.63) is 47.4 Å². The van der Waals surface area contributed by atoms with E-state index in [1.807, 2.05) is 13.8 Å². The Labute approximate surface area is 144 Å². The van der Waals surface area contributed by atoms with Crippen LogP contribution in [0, 0.1) is 12.7 Å². The lowest BCUT2D eigenvalue weighted by molar-refractivity contribution is 0.0947. The molecule has 0 bridgehead atoms. The molecule has 1 amide bonds. The molecule has 7 heteroatoms. The van der Waals surface area contributed by atoms with Crippen LogP contribution in [0.3, 0.4) is 0 Å². The maximum atomic E-state index is 13.2. The zero-order chi connectivity index (χ0) is 18.2. The third kappa shape index (κ3) is 3.66. The van der Waals surface area contributed by atoms with Gasteiger partial charge in [-0.05, 0) is 51.1 Å². The quantitative estimate of drug-likeness (QED) is 0.760. The molecule has 130 valence electrons. The molecular weight excluding hydrogens is 323 g/mol. The summed E-state index contributed by atoms with van der Waals surface area (Å²) in [5.74, 6) is -0.635. The number of rotatable bonds is 4. The molecular formula is C18H19FN4O2. The third-order valence-corrected chi connectivity index (χ3v) is 3.71. The largest absolute Gasteiger partial charge is 0.350 e. The van der Waals surface area contributed by atoms with Gasteiger partial charge in [0.15, 0.2) is 0 Å². The van der Waals surface area contributed by atoms with E-state index >= 15 is 0 Å². The van der Waals surface area contributed by atoms with E-state index in [9.17, 15) is 9.18 Å². The monoisotopic (exact) mass is 342 g/mol. The predicted octanol–water partition coefficient (Wildman–Crippen LogP) is 2.80. The lowest BCUT2D eigenvalue weighted by Gasteiger charge is -2.19. The van der Waals surface area contributed by atoms with Crippen LogP contribution >= 0.6 is 0 Å². The summed E-state index contributed by atoms with van der Waals surface area (Å²) in [6, 6.07) is 7.51. The molecule has 3 aromatic rings. The van der Waals surface area contributed by atoms with Crippen molar-refractivity contribution >= 4 is 17.0 Å². The van der Waals surface area contributed by atoms with Crippen molar-refractivity contribution in [2.75, 3.05) is 6.54 Å². The van der Waals surface area contributed by atoms with Crippen LogP contribution < -0.4 is 11.1 Å². The first-order valence-corrected chi connectivity index (χ1v) is 7.85. The van der Waals surface area contributed by atoms with Gasteiger partial charge >= 0.3 is 0 Å². The Balaban J connectivity index is 2.07. The second kappa shape index (κ2) is 6.25. The lowest BCUT2D eigenvalue weighted by Crippen LogP contribution is -2.45. The van der Waals surface area contributed by atoms with Crippen LogP contribution in [0.4, 0.5) is 4.39 Å². The Morgan fingerprint density at radius 3 is 2.64 bits per heavy atom. The first-order valence-electron chi connectivity index (χ1n) is 7.85. The summed E-state index contributed by atoms with van der Waals surface area (Å²) in [7, 11) is 0. The number of amides is 1. The number of nitrogens with two attached hydrogens (primary N) is 1. The Morgan fingerprint density at radius 1 is 1.32 bits per heavy atom. The molecule has 0 saturated heterocycles. The summed E-state index contributed by atoms with van der Waals surface area (Å²) in [5, 5.41) is 7.26. The van der Waals surface area contributed by atoms with Crippen molar-refractivity contribution in [2.24, 2.45) is 5.73 Å². The van der Waals surface area contributed by atoms with Crippen LogP contribution in [-0.2, 0) is 0 Å². The second-order valence-corrected chi connectivity index (χ2v) is 6.68. The van der Waals surface area contributed by atoms with Crippen LogP contribution in [0.15, 0.2) is 34.9 Å². The third-order valence-electron chi connectivity index (χ3n) is 3.71. The normalized spacial score (nSPS) is 11.7. The van der Waals surface area contributed by atoms with Gasteiger partial charge in [-0.25, -0.2) is 9.37 Å². The summed E-state index contributed by atoms with van der Waals surface area (Å²) in [6.45, 7) is 5.70. The summed E-state index contributed by atoms with van der Waals surface area (Å²) < 4.78 is 18.4. The highest BCUT2D eigenvalue weighted by Crippen LogP contribution is 2.27. The van der Waals surface area contributed by atoms with Gasteiger partial charge in [-0.3, -0.25) is 4.79 Å². The van der Waals surface area contributed by atoms with Crippen LogP contribution in [-0.4, -0.2) is 28.1 Å². The van der Waals surface area contributed by atoms with Gasteiger partial charge in [0, 0.05) is 17.6 Å². The number of halogens is 1. The average Bonchev–Trinajstić information content (AvgIpc) is 2.93. The fourth-order valence-electron chi connectivity index (χ4n) is 2.45. The fourth-order valence-corrected chi connectivity index (χ4v) is 2.45. The zero-order valence-electron chi connectivity index (χ0n) is 14.3. The number of fused-ring (bicyclic) bond motifs is 1. The van der Waals surface area contributed by atoms with Crippen molar-refractivity contribution < 1.29 is 13.7 Å². The first kappa shape index (κ1) is 17.0.